The van der Waals surface area contributed by atoms with E-state index in [1.165, 1.54) is 0 Å². The predicted octanol–water partition coefficient (Wildman–Crippen LogP) is 2.31. The predicted molar refractivity (Wildman–Crippen MR) is 74.1 cm³/mol. The summed E-state index contributed by atoms with van der Waals surface area (Å²) in [6.45, 7) is 0.759. The minimum absolute atomic E-state index is 0.759. The highest BCUT2D eigenvalue weighted by molar-refractivity contribution is 9.10. The smallest absolute Gasteiger partial charge is 0.213 e. The molecule has 0 saturated carbocycles. The molecule has 0 bridgehead atoms. The van der Waals surface area contributed by atoms with Gasteiger partial charge in [0.05, 0.1) is 18.3 Å². The number of imidazole rings is 2. The first-order valence-corrected chi connectivity index (χ1v) is 6.41. The Morgan fingerprint density at radius 2 is 2.33 bits per heavy atom. The summed E-state index contributed by atoms with van der Waals surface area (Å²) in [6, 6.07) is 5.91. The third kappa shape index (κ3) is 1.53. The van der Waals surface area contributed by atoms with E-state index in [0.717, 1.165) is 39.4 Å². The van der Waals surface area contributed by atoms with Gasteiger partial charge >= 0.3 is 0 Å². The molecule has 0 aliphatic carbocycles. The number of nitrogens with one attached hydrogen (secondary N) is 2. The molecular formula is C12H13BrN4O. The molecule has 2 heterocycles. The average Bonchev–Trinajstić information content (AvgIpc) is 2.88. The molecule has 0 aliphatic heterocycles. The molecule has 3 aromatic rings. The van der Waals surface area contributed by atoms with Crippen LogP contribution in [0.4, 0.5) is 0 Å². The lowest BCUT2D eigenvalue weighted by molar-refractivity contribution is 0.419. The Kier molecular flexibility index (Phi) is 2.76. The number of nitrogens with zero attached hydrogens (tertiary/aromatic N) is 2. The largest absolute Gasteiger partial charge is 0.494 e. The lowest BCUT2D eigenvalue weighted by Crippen LogP contribution is -2.05. The number of benzene rings is 1. The average molecular weight is 309 g/mol. The van der Waals surface area contributed by atoms with Crippen LogP contribution in [-0.4, -0.2) is 28.5 Å². The van der Waals surface area contributed by atoms with E-state index in [2.05, 4.69) is 31.2 Å². The van der Waals surface area contributed by atoms with Crippen molar-refractivity contribution in [2.45, 2.75) is 6.54 Å². The normalized spacial score (nSPS) is 11.5. The van der Waals surface area contributed by atoms with E-state index in [9.17, 15) is 0 Å². The molecule has 0 unspecified atom stereocenters. The number of para-hydroxylation sites is 1. The maximum atomic E-state index is 5.33. The first-order valence-electron chi connectivity index (χ1n) is 5.62. The summed E-state index contributed by atoms with van der Waals surface area (Å²) in [5, 5.41) is 3.12. The van der Waals surface area contributed by atoms with Gasteiger partial charge < -0.3 is 15.0 Å². The molecule has 0 spiro atoms. The van der Waals surface area contributed by atoms with E-state index >= 15 is 0 Å². The van der Waals surface area contributed by atoms with Crippen molar-refractivity contribution < 1.29 is 4.74 Å². The van der Waals surface area contributed by atoms with Gasteiger partial charge in [-0.2, -0.15) is 0 Å². The Hall–Kier alpha value is -1.53. The van der Waals surface area contributed by atoms with Crippen LogP contribution in [-0.2, 0) is 6.54 Å². The fourth-order valence-corrected chi connectivity index (χ4v) is 2.73. The van der Waals surface area contributed by atoms with Crippen LogP contribution in [0.5, 0.6) is 5.75 Å². The molecule has 94 valence electrons. The third-order valence-electron chi connectivity index (χ3n) is 2.93. The van der Waals surface area contributed by atoms with E-state index in [4.69, 9.17) is 4.74 Å². The second kappa shape index (κ2) is 4.29. The quantitative estimate of drug-likeness (QED) is 0.780. The van der Waals surface area contributed by atoms with Gasteiger partial charge in [0.15, 0.2) is 0 Å². The molecule has 5 nitrogen and oxygen atoms in total. The molecule has 0 amide bonds. The van der Waals surface area contributed by atoms with Crippen LogP contribution in [0.1, 0.15) is 5.69 Å². The molecule has 0 atom stereocenters. The van der Waals surface area contributed by atoms with Crippen molar-refractivity contribution in [2.24, 2.45) is 0 Å². The zero-order chi connectivity index (χ0) is 12.7. The molecule has 3 rings (SSSR count). The topological polar surface area (TPSA) is 54.3 Å². The number of hydrogen-bond acceptors (Lipinski definition) is 3. The number of hydrogen-bond donors (Lipinski definition) is 2. The second-order valence-electron chi connectivity index (χ2n) is 4.02. The summed E-state index contributed by atoms with van der Waals surface area (Å²) >= 11 is 3.61. The lowest BCUT2D eigenvalue weighted by Gasteiger charge is -2.01. The van der Waals surface area contributed by atoms with Gasteiger partial charge in [0.2, 0.25) is 5.78 Å². The van der Waals surface area contributed by atoms with E-state index < -0.39 is 0 Å². The van der Waals surface area contributed by atoms with Crippen LogP contribution in [0.3, 0.4) is 0 Å². The minimum Gasteiger partial charge on any atom is -0.494 e. The number of aromatic amines is 1. The first kappa shape index (κ1) is 11.6. The van der Waals surface area contributed by atoms with Gasteiger partial charge in [-0.3, -0.25) is 4.40 Å². The van der Waals surface area contributed by atoms with Crippen molar-refractivity contribution >= 4 is 32.7 Å². The van der Waals surface area contributed by atoms with Gasteiger partial charge in [-0.05, 0) is 35.1 Å². The molecule has 2 N–H and O–H groups in total. The van der Waals surface area contributed by atoms with Gasteiger partial charge in [-0.15, -0.1) is 0 Å². The van der Waals surface area contributed by atoms with Crippen LogP contribution in [0.2, 0.25) is 0 Å². The van der Waals surface area contributed by atoms with Gasteiger partial charge in [0.25, 0.3) is 0 Å². The number of ether oxygens (including phenoxy) is 1. The molecule has 1 aromatic carbocycles. The highest BCUT2D eigenvalue weighted by atomic mass is 79.9. The Morgan fingerprint density at radius 1 is 1.50 bits per heavy atom. The van der Waals surface area contributed by atoms with E-state index in [0.29, 0.717) is 0 Å². The van der Waals surface area contributed by atoms with Crippen LogP contribution < -0.4 is 10.1 Å². The maximum absolute atomic E-state index is 5.33. The zero-order valence-electron chi connectivity index (χ0n) is 10.1. The van der Waals surface area contributed by atoms with Gasteiger partial charge in [-0.25, -0.2) is 4.98 Å². The number of fused-ring (bicyclic) bond motifs is 3. The summed E-state index contributed by atoms with van der Waals surface area (Å²) in [4.78, 5) is 7.87. The number of rotatable bonds is 3. The van der Waals surface area contributed by atoms with Gasteiger partial charge in [0, 0.05) is 6.54 Å². The Balaban J connectivity index is 2.34. The van der Waals surface area contributed by atoms with Crippen molar-refractivity contribution in [2.75, 3.05) is 14.2 Å². The van der Waals surface area contributed by atoms with E-state index in [1.807, 2.05) is 29.6 Å². The van der Waals surface area contributed by atoms with E-state index in [-0.39, 0.29) is 0 Å². The maximum Gasteiger partial charge on any atom is 0.213 e. The lowest BCUT2D eigenvalue weighted by atomic mass is 10.3. The van der Waals surface area contributed by atoms with Crippen LogP contribution >= 0.6 is 15.9 Å². The highest BCUT2D eigenvalue weighted by Crippen LogP contribution is 2.29. The standard InChI is InChI=1S/C12H13BrN4O/c1-14-6-7-11(13)17-8-4-3-5-9(18-2)10(8)16-12(17)15-7/h3-5,14H,6H2,1-2H3,(H,15,16). The SMILES string of the molecule is CNCc1[nH]c2nc3c(OC)cccc3n2c1Br. The molecular weight excluding hydrogens is 296 g/mol. The fraction of sp³-hybridized carbons (Fsp3) is 0.250. The van der Waals surface area contributed by atoms with Crippen molar-refractivity contribution in [3.63, 3.8) is 0 Å². The fourth-order valence-electron chi connectivity index (χ4n) is 2.14. The van der Waals surface area contributed by atoms with Crippen LogP contribution in [0.25, 0.3) is 16.8 Å². The highest BCUT2D eigenvalue weighted by Gasteiger charge is 2.15. The van der Waals surface area contributed by atoms with Crippen LogP contribution in [0, 0.1) is 0 Å². The number of H-pyrrole nitrogens is 1. The zero-order valence-corrected chi connectivity index (χ0v) is 11.7. The Labute approximate surface area is 112 Å². The third-order valence-corrected chi connectivity index (χ3v) is 3.76. The van der Waals surface area contributed by atoms with Crippen molar-refractivity contribution in [1.82, 2.24) is 19.7 Å². The van der Waals surface area contributed by atoms with Crippen LogP contribution in [0.15, 0.2) is 22.8 Å². The molecule has 0 radical (unpaired) electrons. The van der Waals surface area contributed by atoms with Crippen molar-refractivity contribution in [1.29, 1.82) is 0 Å². The molecule has 0 aliphatic rings. The number of halogens is 1. The molecule has 18 heavy (non-hydrogen) atoms. The summed E-state index contributed by atoms with van der Waals surface area (Å²) < 4.78 is 8.36. The van der Waals surface area contributed by atoms with Gasteiger partial charge in [-0.1, -0.05) is 6.07 Å². The molecule has 2 aromatic heterocycles. The number of aromatic nitrogens is 3. The first-order chi connectivity index (χ1) is 8.76. The molecule has 0 fully saturated rings. The van der Waals surface area contributed by atoms with Crippen molar-refractivity contribution in [3.8, 4) is 5.75 Å². The second-order valence-corrected chi connectivity index (χ2v) is 4.77. The minimum atomic E-state index is 0.759. The monoisotopic (exact) mass is 308 g/mol. The Bertz CT molecular complexity index is 716. The molecule has 0 saturated heterocycles. The summed E-state index contributed by atoms with van der Waals surface area (Å²) in [7, 11) is 3.57. The van der Waals surface area contributed by atoms with Crippen molar-refractivity contribution in [3.05, 3.63) is 28.5 Å². The number of methoxy groups -OCH3 is 1. The molecule has 6 heteroatoms. The van der Waals surface area contributed by atoms with E-state index in [1.54, 1.807) is 7.11 Å². The summed E-state index contributed by atoms with van der Waals surface area (Å²) in [5.74, 6) is 1.60. The Morgan fingerprint density at radius 3 is 3.06 bits per heavy atom. The summed E-state index contributed by atoms with van der Waals surface area (Å²) in [5.41, 5.74) is 2.96. The summed E-state index contributed by atoms with van der Waals surface area (Å²) in [6.07, 6.45) is 0. The van der Waals surface area contributed by atoms with Gasteiger partial charge in [0.1, 0.15) is 15.9 Å².